The van der Waals surface area contributed by atoms with Gasteiger partial charge in [-0.2, -0.15) is 0 Å². The van der Waals surface area contributed by atoms with Crippen LogP contribution in [0.5, 0.6) is 0 Å². The number of hydrogen-bond donors (Lipinski definition) is 3. The van der Waals surface area contributed by atoms with Gasteiger partial charge < -0.3 is 15.9 Å². The molecule has 60 valence electrons. The smallest absolute Gasteiger partial charge is 0.180 e. The Balaban J connectivity index is 3.17. The highest BCUT2D eigenvalue weighted by Gasteiger charge is 2.07. The predicted octanol–water partition coefficient (Wildman–Crippen LogP) is 0.857. The maximum atomic E-state index is 8.80. The molecule has 1 aromatic carbocycles. The Labute approximate surface area is 78.0 Å². The number of benzene rings is 1. The Bertz CT molecular complexity index is 263. The number of nitrogen functional groups attached to an aromatic ring is 1. The Morgan fingerprint density at radius 1 is 1.36 bits per heavy atom. The van der Waals surface area contributed by atoms with E-state index in [1.807, 2.05) is 28.7 Å². The SMILES string of the molecule is Nc1c(I)cccc1C(O)O. The predicted molar refractivity (Wildman–Crippen MR) is 50.8 cm³/mol. The summed E-state index contributed by atoms with van der Waals surface area (Å²) in [6, 6.07) is 5.12. The minimum Gasteiger partial charge on any atom is -0.397 e. The van der Waals surface area contributed by atoms with Crippen LogP contribution >= 0.6 is 22.6 Å². The molecule has 1 rings (SSSR count). The normalized spacial score (nSPS) is 10.5. The standard InChI is InChI=1S/C7H8INO2/c8-5-3-1-2-4(6(5)9)7(10)11/h1-3,7,10-11H,9H2. The summed E-state index contributed by atoms with van der Waals surface area (Å²) < 4.78 is 0.827. The van der Waals surface area contributed by atoms with Crippen LogP contribution in [0.2, 0.25) is 0 Å². The van der Waals surface area contributed by atoms with Crippen LogP contribution in [0.4, 0.5) is 5.69 Å². The summed E-state index contributed by atoms with van der Waals surface area (Å²) in [5, 5.41) is 17.6. The molecule has 0 atom stereocenters. The molecule has 0 spiro atoms. The molecule has 0 fully saturated rings. The first-order chi connectivity index (χ1) is 5.13. The molecule has 0 aromatic heterocycles. The first-order valence-corrected chi connectivity index (χ1v) is 4.11. The van der Waals surface area contributed by atoms with Crippen molar-refractivity contribution in [2.75, 3.05) is 5.73 Å². The van der Waals surface area contributed by atoms with E-state index in [0.717, 1.165) is 3.57 Å². The highest BCUT2D eigenvalue weighted by molar-refractivity contribution is 14.1. The second-order valence-corrected chi connectivity index (χ2v) is 3.28. The molecular formula is C7H8INO2. The lowest BCUT2D eigenvalue weighted by Crippen LogP contribution is -2.02. The Hall–Kier alpha value is -0.330. The van der Waals surface area contributed by atoms with Gasteiger partial charge >= 0.3 is 0 Å². The van der Waals surface area contributed by atoms with Gasteiger partial charge in [-0.15, -0.1) is 0 Å². The number of hydrogen-bond acceptors (Lipinski definition) is 3. The molecule has 0 saturated heterocycles. The number of para-hydroxylation sites is 1. The highest BCUT2D eigenvalue weighted by Crippen LogP contribution is 2.23. The maximum Gasteiger partial charge on any atom is 0.180 e. The molecule has 4 N–H and O–H groups in total. The number of halogens is 1. The second kappa shape index (κ2) is 3.38. The third-order valence-corrected chi connectivity index (χ3v) is 2.31. The van der Waals surface area contributed by atoms with E-state index < -0.39 is 6.29 Å². The zero-order valence-corrected chi connectivity index (χ0v) is 7.82. The first kappa shape index (κ1) is 8.76. The average molecular weight is 265 g/mol. The first-order valence-electron chi connectivity index (χ1n) is 3.03. The zero-order chi connectivity index (χ0) is 8.43. The minimum absolute atomic E-state index is 0.358. The van der Waals surface area contributed by atoms with Crippen LogP contribution in [-0.2, 0) is 0 Å². The fourth-order valence-electron chi connectivity index (χ4n) is 0.779. The number of nitrogens with two attached hydrogens (primary N) is 1. The van der Waals surface area contributed by atoms with E-state index in [4.69, 9.17) is 15.9 Å². The summed E-state index contributed by atoms with van der Waals surface area (Å²) in [4.78, 5) is 0. The Kier molecular flexibility index (Phi) is 2.69. The monoisotopic (exact) mass is 265 g/mol. The summed E-state index contributed by atoms with van der Waals surface area (Å²) in [5.74, 6) is 0. The zero-order valence-electron chi connectivity index (χ0n) is 5.66. The molecule has 0 amide bonds. The minimum atomic E-state index is -1.48. The maximum absolute atomic E-state index is 8.80. The average Bonchev–Trinajstić information content (AvgIpc) is 1.94. The molecule has 0 heterocycles. The fraction of sp³-hybridized carbons (Fsp3) is 0.143. The van der Waals surface area contributed by atoms with Crippen molar-refractivity contribution in [3.05, 3.63) is 27.3 Å². The van der Waals surface area contributed by atoms with Gasteiger partial charge in [0.15, 0.2) is 6.29 Å². The number of aliphatic hydroxyl groups is 2. The van der Waals surface area contributed by atoms with Gasteiger partial charge in [0.25, 0.3) is 0 Å². The lowest BCUT2D eigenvalue weighted by molar-refractivity contribution is -0.0419. The second-order valence-electron chi connectivity index (χ2n) is 2.12. The molecular weight excluding hydrogens is 257 g/mol. The van der Waals surface area contributed by atoms with E-state index in [1.165, 1.54) is 0 Å². The number of rotatable bonds is 1. The lowest BCUT2D eigenvalue weighted by atomic mass is 10.2. The summed E-state index contributed by atoms with van der Waals surface area (Å²) in [7, 11) is 0. The largest absolute Gasteiger partial charge is 0.397 e. The molecule has 3 nitrogen and oxygen atoms in total. The van der Waals surface area contributed by atoms with Gasteiger partial charge in [-0.3, -0.25) is 0 Å². The van der Waals surface area contributed by atoms with Crippen LogP contribution < -0.4 is 5.73 Å². The van der Waals surface area contributed by atoms with E-state index in [0.29, 0.717) is 11.3 Å². The molecule has 0 unspecified atom stereocenters. The van der Waals surface area contributed by atoms with Gasteiger partial charge in [0.2, 0.25) is 0 Å². The van der Waals surface area contributed by atoms with E-state index in [2.05, 4.69) is 0 Å². The van der Waals surface area contributed by atoms with E-state index >= 15 is 0 Å². The van der Waals surface area contributed by atoms with E-state index in [1.54, 1.807) is 12.1 Å². The van der Waals surface area contributed by atoms with Gasteiger partial charge in [0.1, 0.15) is 0 Å². The molecule has 4 heteroatoms. The summed E-state index contributed by atoms with van der Waals surface area (Å²) in [6.45, 7) is 0. The van der Waals surface area contributed by atoms with Crippen LogP contribution in [-0.4, -0.2) is 10.2 Å². The van der Waals surface area contributed by atoms with Crippen molar-refractivity contribution in [1.29, 1.82) is 0 Å². The molecule has 0 bridgehead atoms. The molecule has 1 aromatic rings. The van der Waals surface area contributed by atoms with Crippen molar-refractivity contribution in [3.63, 3.8) is 0 Å². The fourth-order valence-corrected chi connectivity index (χ4v) is 1.30. The topological polar surface area (TPSA) is 66.5 Å². The van der Waals surface area contributed by atoms with Crippen LogP contribution in [0.3, 0.4) is 0 Å². The molecule has 0 aliphatic rings. The molecule has 0 saturated carbocycles. The highest BCUT2D eigenvalue weighted by atomic mass is 127. The molecule has 0 aliphatic heterocycles. The quantitative estimate of drug-likeness (QED) is 0.401. The van der Waals surface area contributed by atoms with Crippen LogP contribution in [0.1, 0.15) is 11.9 Å². The number of aliphatic hydroxyl groups excluding tert-OH is 1. The Morgan fingerprint density at radius 3 is 2.45 bits per heavy atom. The van der Waals surface area contributed by atoms with Crippen molar-refractivity contribution >= 4 is 28.3 Å². The van der Waals surface area contributed by atoms with Gasteiger partial charge in [0.05, 0.1) is 5.69 Å². The summed E-state index contributed by atoms with van der Waals surface area (Å²) in [5.41, 5.74) is 6.35. The van der Waals surface area contributed by atoms with Crippen LogP contribution in [0, 0.1) is 3.57 Å². The van der Waals surface area contributed by atoms with Gasteiger partial charge in [0, 0.05) is 9.13 Å². The molecule has 11 heavy (non-hydrogen) atoms. The Morgan fingerprint density at radius 2 is 2.00 bits per heavy atom. The third-order valence-electron chi connectivity index (χ3n) is 1.36. The van der Waals surface area contributed by atoms with Gasteiger partial charge in [-0.1, -0.05) is 12.1 Å². The number of anilines is 1. The van der Waals surface area contributed by atoms with Crippen molar-refractivity contribution < 1.29 is 10.2 Å². The van der Waals surface area contributed by atoms with E-state index in [-0.39, 0.29) is 0 Å². The van der Waals surface area contributed by atoms with Gasteiger partial charge in [-0.05, 0) is 28.7 Å². The van der Waals surface area contributed by atoms with Crippen molar-refractivity contribution in [2.24, 2.45) is 0 Å². The lowest BCUT2D eigenvalue weighted by Gasteiger charge is -2.07. The molecule has 0 aliphatic carbocycles. The van der Waals surface area contributed by atoms with Crippen molar-refractivity contribution in [2.45, 2.75) is 6.29 Å². The summed E-state index contributed by atoms with van der Waals surface area (Å²) in [6.07, 6.45) is -1.48. The summed E-state index contributed by atoms with van der Waals surface area (Å²) >= 11 is 2.04. The van der Waals surface area contributed by atoms with Crippen LogP contribution in [0.15, 0.2) is 18.2 Å². The van der Waals surface area contributed by atoms with E-state index in [9.17, 15) is 0 Å². The molecule has 0 radical (unpaired) electrons. The third kappa shape index (κ3) is 1.82. The van der Waals surface area contributed by atoms with Crippen molar-refractivity contribution in [1.82, 2.24) is 0 Å². The van der Waals surface area contributed by atoms with Crippen molar-refractivity contribution in [3.8, 4) is 0 Å². The van der Waals surface area contributed by atoms with Gasteiger partial charge in [-0.25, -0.2) is 0 Å². The van der Waals surface area contributed by atoms with Crippen LogP contribution in [0.25, 0.3) is 0 Å².